The number of carbonyl (C=O) groups excluding carboxylic acids is 1. The van der Waals surface area contributed by atoms with E-state index in [2.05, 4.69) is 6.58 Å². The van der Waals surface area contributed by atoms with Gasteiger partial charge in [-0.25, -0.2) is 0 Å². The van der Waals surface area contributed by atoms with E-state index >= 15 is 0 Å². The van der Waals surface area contributed by atoms with Crippen LogP contribution in [0.5, 0.6) is 0 Å². The van der Waals surface area contributed by atoms with Crippen molar-refractivity contribution in [2.45, 2.75) is 12.8 Å². The van der Waals surface area contributed by atoms with Crippen molar-refractivity contribution in [2.24, 2.45) is 0 Å². The molecule has 0 saturated heterocycles. The van der Waals surface area contributed by atoms with Crippen LogP contribution < -0.4 is 0 Å². The Labute approximate surface area is 170 Å². The van der Waals surface area contributed by atoms with Crippen molar-refractivity contribution in [1.29, 1.82) is 0 Å². The first-order valence-electron chi connectivity index (χ1n) is 9.32. The van der Waals surface area contributed by atoms with Crippen LogP contribution >= 0.6 is 0 Å². The molecule has 29 heavy (non-hydrogen) atoms. The fraction of sp³-hybridized carbons (Fsp3) is 0.0769. The molecule has 0 aromatic heterocycles. The first kappa shape index (κ1) is 20.0. The molecule has 0 radical (unpaired) electrons. The lowest BCUT2D eigenvalue weighted by Gasteiger charge is -2.14. The average molecular weight is 382 g/mol. The number of ketones is 1. The average Bonchev–Trinajstić information content (AvgIpc) is 2.74. The first-order valence-corrected chi connectivity index (χ1v) is 9.32. The second-order valence-corrected chi connectivity index (χ2v) is 6.90. The summed E-state index contributed by atoms with van der Waals surface area (Å²) in [4.78, 5) is 24.1. The SMILES string of the molecule is C=C(C)c1ccc(C(C(=O)O)c2ccc(/C=C/C(=O)c3ccccc3)cc2)cc1. The molecule has 3 heteroatoms. The van der Waals surface area contributed by atoms with Crippen LogP contribution in [0.3, 0.4) is 0 Å². The van der Waals surface area contributed by atoms with Crippen molar-refractivity contribution < 1.29 is 14.7 Å². The van der Waals surface area contributed by atoms with E-state index in [9.17, 15) is 14.7 Å². The fourth-order valence-corrected chi connectivity index (χ4v) is 3.11. The van der Waals surface area contributed by atoms with Gasteiger partial charge >= 0.3 is 5.97 Å². The molecule has 0 bridgehead atoms. The number of carboxylic acid groups (broad SMARTS) is 1. The van der Waals surface area contributed by atoms with Crippen LogP contribution in [-0.4, -0.2) is 16.9 Å². The minimum atomic E-state index is -0.907. The van der Waals surface area contributed by atoms with E-state index < -0.39 is 11.9 Å². The third-order valence-corrected chi connectivity index (χ3v) is 4.74. The number of carboxylic acids is 1. The first-order chi connectivity index (χ1) is 14.0. The van der Waals surface area contributed by atoms with Gasteiger partial charge in [0.15, 0.2) is 5.78 Å². The number of aliphatic carboxylic acids is 1. The molecule has 3 aromatic carbocycles. The molecule has 0 aliphatic carbocycles. The highest BCUT2D eigenvalue weighted by Crippen LogP contribution is 2.27. The number of benzene rings is 3. The highest BCUT2D eigenvalue weighted by atomic mass is 16.4. The number of rotatable bonds is 7. The highest BCUT2D eigenvalue weighted by molar-refractivity contribution is 6.06. The monoisotopic (exact) mass is 382 g/mol. The van der Waals surface area contributed by atoms with E-state index in [-0.39, 0.29) is 5.78 Å². The predicted octanol–water partition coefficient (Wildman–Crippen LogP) is 5.83. The number of hydrogen-bond donors (Lipinski definition) is 1. The van der Waals surface area contributed by atoms with Gasteiger partial charge in [0.05, 0.1) is 0 Å². The molecule has 3 rings (SSSR count). The molecule has 0 fully saturated rings. The lowest BCUT2D eigenvalue weighted by molar-refractivity contribution is -0.137. The molecule has 0 aliphatic rings. The van der Waals surface area contributed by atoms with Crippen molar-refractivity contribution >= 4 is 23.4 Å². The summed E-state index contributed by atoms with van der Waals surface area (Å²) in [5.74, 6) is -1.73. The number of hydrogen-bond acceptors (Lipinski definition) is 2. The minimum Gasteiger partial charge on any atom is -0.481 e. The second kappa shape index (κ2) is 8.98. The fourth-order valence-electron chi connectivity index (χ4n) is 3.11. The Morgan fingerprint density at radius 1 is 0.828 bits per heavy atom. The summed E-state index contributed by atoms with van der Waals surface area (Å²) < 4.78 is 0. The van der Waals surface area contributed by atoms with Gasteiger partial charge in [0.25, 0.3) is 0 Å². The maximum absolute atomic E-state index is 12.2. The summed E-state index contributed by atoms with van der Waals surface area (Å²) in [5, 5.41) is 9.75. The van der Waals surface area contributed by atoms with E-state index in [1.165, 1.54) is 6.08 Å². The van der Waals surface area contributed by atoms with Gasteiger partial charge in [-0.3, -0.25) is 9.59 Å². The van der Waals surface area contributed by atoms with Crippen molar-refractivity contribution in [3.05, 3.63) is 119 Å². The Bertz CT molecular complexity index is 1040. The Morgan fingerprint density at radius 3 is 1.90 bits per heavy atom. The van der Waals surface area contributed by atoms with E-state index in [0.717, 1.165) is 16.7 Å². The molecule has 3 aromatic rings. The molecule has 0 heterocycles. The molecule has 144 valence electrons. The van der Waals surface area contributed by atoms with Crippen molar-refractivity contribution in [3.63, 3.8) is 0 Å². The Morgan fingerprint density at radius 2 is 1.38 bits per heavy atom. The van der Waals surface area contributed by atoms with E-state index in [1.54, 1.807) is 30.3 Å². The smallest absolute Gasteiger partial charge is 0.315 e. The molecule has 3 nitrogen and oxygen atoms in total. The van der Waals surface area contributed by atoms with Crippen molar-refractivity contribution in [1.82, 2.24) is 0 Å². The third kappa shape index (κ3) is 4.96. The predicted molar refractivity (Wildman–Crippen MR) is 117 cm³/mol. The van der Waals surface area contributed by atoms with E-state index in [4.69, 9.17) is 0 Å². The van der Waals surface area contributed by atoms with Gasteiger partial charge in [-0.1, -0.05) is 97.1 Å². The van der Waals surface area contributed by atoms with Crippen molar-refractivity contribution in [3.8, 4) is 0 Å². The van der Waals surface area contributed by atoms with E-state index in [1.807, 2.05) is 61.5 Å². The molecule has 0 spiro atoms. The number of carbonyl (C=O) groups is 2. The van der Waals surface area contributed by atoms with Gasteiger partial charge in [-0.15, -0.1) is 0 Å². The zero-order valence-electron chi connectivity index (χ0n) is 16.2. The quantitative estimate of drug-likeness (QED) is 0.413. The van der Waals surface area contributed by atoms with Crippen molar-refractivity contribution in [2.75, 3.05) is 0 Å². The molecular formula is C26H22O3. The third-order valence-electron chi connectivity index (χ3n) is 4.74. The van der Waals surface area contributed by atoms with E-state index in [0.29, 0.717) is 16.7 Å². The molecule has 0 saturated carbocycles. The lowest BCUT2D eigenvalue weighted by atomic mass is 9.90. The summed E-state index contributed by atoms with van der Waals surface area (Å²) in [6.07, 6.45) is 3.26. The van der Waals surface area contributed by atoms with Crippen LogP contribution in [0.15, 0.2) is 91.5 Å². The molecule has 1 N–H and O–H groups in total. The molecule has 1 unspecified atom stereocenters. The Kier molecular flexibility index (Phi) is 6.20. The molecule has 1 atom stereocenters. The maximum atomic E-state index is 12.2. The lowest BCUT2D eigenvalue weighted by Crippen LogP contribution is -2.13. The van der Waals surface area contributed by atoms with Crippen LogP contribution in [0.1, 0.15) is 45.5 Å². The Hall–Kier alpha value is -3.72. The zero-order chi connectivity index (χ0) is 20.8. The van der Waals surface area contributed by atoms with Gasteiger partial charge in [0.2, 0.25) is 0 Å². The topological polar surface area (TPSA) is 54.4 Å². The molecular weight excluding hydrogens is 360 g/mol. The van der Waals surface area contributed by atoms with Crippen LogP contribution in [0.25, 0.3) is 11.6 Å². The van der Waals surface area contributed by atoms with Gasteiger partial charge < -0.3 is 5.11 Å². The maximum Gasteiger partial charge on any atom is 0.315 e. The van der Waals surface area contributed by atoms with Crippen LogP contribution in [0, 0.1) is 0 Å². The van der Waals surface area contributed by atoms with Gasteiger partial charge in [0, 0.05) is 5.56 Å². The normalized spacial score (nSPS) is 11.9. The van der Waals surface area contributed by atoms with Crippen LogP contribution in [0.4, 0.5) is 0 Å². The van der Waals surface area contributed by atoms with Gasteiger partial charge in [-0.2, -0.15) is 0 Å². The summed E-state index contributed by atoms with van der Waals surface area (Å²) in [7, 11) is 0. The van der Waals surface area contributed by atoms with Crippen LogP contribution in [-0.2, 0) is 4.79 Å². The molecule has 0 aliphatic heterocycles. The van der Waals surface area contributed by atoms with Crippen LogP contribution in [0.2, 0.25) is 0 Å². The molecule has 0 amide bonds. The van der Waals surface area contributed by atoms with Gasteiger partial charge in [-0.05, 0) is 35.3 Å². The summed E-state index contributed by atoms with van der Waals surface area (Å²) >= 11 is 0. The Balaban J connectivity index is 1.79. The standard InChI is InChI=1S/C26H22O3/c1-18(2)20-13-15-23(16-14-20)25(26(28)29)22-11-8-19(9-12-22)10-17-24(27)21-6-4-3-5-7-21/h3-17,25H,1H2,2H3,(H,28,29)/b17-10+. The number of allylic oxidation sites excluding steroid dienone is 2. The minimum absolute atomic E-state index is 0.0734. The van der Waals surface area contributed by atoms with Gasteiger partial charge in [0.1, 0.15) is 5.92 Å². The highest BCUT2D eigenvalue weighted by Gasteiger charge is 2.21. The summed E-state index contributed by atoms with van der Waals surface area (Å²) in [6.45, 7) is 5.82. The second-order valence-electron chi connectivity index (χ2n) is 6.90. The largest absolute Gasteiger partial charge is 0.481 e. The zero-order valence-corrected chi connectivity index (χ0v) is 16.2. The summed E-state index contributed by atoms with van der Waals surface area (Å²) in [6, 6.07) is 23.7. The summed E-state index contributed by atoms with van der Waals surface area (Å²) in [5.41, 5.74) is 4.78.